The van der Waals surface area contributed by atoms with Crippen molar-refractivity contribution in [2.75, 3.05) is 0 Å². The Balaban J connectivity index is 4.02. The first kappa shape index (κ1) is 7.85. The highest BCUT2D eigenvalue weighted by atomic mass is 19.2. The highest BCUT2D eigenvalue weighted by Gasteiger charge is 2.37. The van der Waals surface area contributed by atoms with E-state index < -0.39 is 11.5 Å². The fraction of sp³-hybridized carbons (Fsp3) is 1.00. The first-order chi connectivity index (χ1) is 3.25. The van der Waals surface area contributed by atoms with Crippen molar-refractivity contribution < 1.29 is 14.6 Å². The van der Waals surface area contributed by atoms with E-state index in [1.165, 1.54) is 13.8 Å². The van der Waals surface area contributed by atoms with Crippen LogP contribution in [-0.2, 0) is 0 Å². The molecule has 0 rings (SSSR count). The van der Waals surface area contributed by atoms with Crippen molar-refractivity contribution >= 4 is 0 Å². The van der Waals surface area contributed by atoms with Crippen molar-refractivity contribution in [3.05, 3.63) is 0 Å². The van der Waals surface area contributed by atoms with Crippen molar-refractivity contribution in [2.24, 2.45) is 0 Å². The third-order valence-corrected chi connectivity index (χ3v) is 1.12. The Hall–Kier alpha value is -0.150. The third kappa shape index (κ3) is 1.76. The maximum Gasteiger partial charge on any atom is 0.232 e. The molecule has 0 aromatic rings. The average molecular weight is 122 g/mol. The Morgan fingerprint density at radius 3 is 1.25 bits per heavy atom. The van der Waals surface area contributed by atoms with E-state index in [-0.39, 0.29) is 0 Å². The molecule has 0 heterocycles. The normalized spacial score (nSPS) is 20.2. The number of alkyl halides is 1. The van der Waals surface area contributed by atoms with Crippen molar-refractivity contribution in [1.29, 1.82) is 0 Å². The minimum atomic E-state index is -2.51. The van der Waals surface area contributed by atoms with E-state index in [9.17, 15) is 4.39 Å². The second kappa shape index (κ2) is 1.67. The molecular formula is C5H11FO2. The molecule has 2 N–H and O–H groups in total. The number of halogens is 1. The lowest BCUT2D eigenvalue weighted by Crippen LogP contribution is -2.43. The molecule has 3 heteroatoms. The molecule has 0 aliphatic carbocycles. The summed E-state index contributed by atoms with van der Waals surface area (Å²) in [7, 11) is 0. The van der Waals surface area contributed by atoms with Gasteiger partial charge in [-0.1, -0.05) is 0 Å². The van der Waals surface area contributed by atoms with Crippen LogP contribution >= 0.6 is 0 Å². The number of rotatable bonds is 1. The number of aliphatic hydroxyl groups is 2. The summed E-state index contributed by atoms with van der Waals surface area (Å²) in [6.07, 6.45) is 0. The Kier molecular flexibility index (Phi) is 1.64. The fourth-order valence-electron chi connectivity index (χ4n) is 0. The summed E-state index contributed by atoms with van der Waals surface area (Å²) in [5, 5.41) is 17.2. The summed E-state index contributed by atoms with van der Waals surface area (Å²) in [4.78, 5) is 0. The third-order valence-electron chi connectivity index (χ3n) is 1.12. The zero-order valence-corrected chi connectivity index (χ0v) is 5.27. The summed E-state index contributed by atoms with van der Waals surface area (Å²) >= 11 is 0. The van der Waals surface area contributed by atoms with Crippen LogP contribution in [0.3, 0.4) is 0 Å². The Morgan fingerprint density at radius 2 is 1.25 bits per heavy atom. The Labute approximate surface area is 48.0 Å². The van der Waals surface area contributed by atoms with Gasteiger partial charge in [0, 0.05) is 0 Å². The van der Waals surface area contributed by atoms with Gasteiger partial charge in [-0.15, -0.1) is 0 Å². The van der Waals surface area contributed by atoms with Crippen LogP contribution < -0.4 is 0 Å². The lowest BCUT2D eigenvalue weighted by Gasteiger charge is -2.26. The van der Waals surface area contributed by atoms with Crippen molar-refractivity contribution in [3.8, 4) is 0 Å². The molecule has 1 atom stereocenters. The van der Waals surface area contributed by atoms with E-state index in [1.807, 2.05) is 0 Å². The number of hydrogen-bond acceptors (Lipinski definition) is 2. The largest absolute Gasteiger partial charge is 0.385 e. The SMILES string of the molecule is CC(C)(O)C(C)(O)F. The summed E-state index contributed by atoms with van der Waals surface area (Å²) in [5.41, 5.74) is -1.67. The molecule has 0 fully saturated rings. The van der Waals surface area contributed by atoms with Crippen LogP contribution in [0, 0.1) is 0 Å². The molecule has 0 aliphatic rings. The molecule has 0 saturated heterocycles. The van der Waals surface area contributed by atoms with Gasteiger partial charge in [0.15, 0.2) is 0 Å². The lowest BCUT2D eigenvalue weighted by molar-refractivity contribution is -0.200. The van der Waals surface area contributed by atoms with E-state index >= 15 is 0 Å². The molecule has 0 aliphatic heterocycles. The van der Waals surface area contributed by atoms with E-state index in [0.29, 0.717) is 0 Å². The summed E-state index contributed by atoms with van der Waals surface area (Å²) in [6, 6.07) is 0. The molecule has 2 nitrogen and oxygen atoms in total. The first-order valence-corrected chi connectivity index (χ1v) is 2.39. The first-order valence-electron chi connectivity index (χ1n) is 2.39. The molecule has 0 amide bonds. The number of hydrogen-bond donors (Lipinski definition) is 2. The van der Waals surface area contributed by atoms with Gasteiger partial charge < -0.3 is 10.2 Å². The molecule has 0 radical (unpaired) electrons. The molecule has 50 valence electrons. The standard InChI is InChI=1S/C5H11FO2/c1-4(2,7)5(3,6)8/h7-8H,1-3H3. The fourth-order valence-corrected chi connectivity index (χ4v) is 0. The van der Waals surface area contributed by atoms with Crippen LogP contribution in [0.5, 0.6) is 0 Å². The van der Waals surface area contributed by atoms with E-state index in [1.54, 1.807) is 0 Å². The van der Waals surface area contributed by atoms with Gasteiger partial charge in [-0.25, -0.2) is 4.39 Å². The van der Waals surface area contributed by atoms with E-state index in [0.717, 1.165) is 6.92 Å². The summed E-state index contributed by atoms with van der Waals surface area (Å²) < 4.78 is 12.2. The van der Waals surface area contributed by atoms with E-state index in [2.05, 4.69) is 0 Å². The van der Waals surface area contributed by atoms with E-state index in [4.69, 9.17) is 10.2 Å². The maximum atomic E-state index is 12.2. The van der Waals surface area contributed by atoms with Gasteiger partial charge in [-0.3, -0.25) is 0 Å². The molecule has 0 aromatic heterocycles. The van der Waals surface area contributed by atoms with Crippen LogP contribution in [0.4, 0.5) is 4.39 Å². The van der Waals surface area contributed by atoms with Gasteiger partial charge in [-0.05, 0) is 20.8 Å². The predicted molar refractivity (Wildman–Crippen MR) is 28.0 cm³/mol. The Bertz CT molecular complexity index is 65.4. The molecule has 0 aromatic carbocycles. The minimum absolute atomic E-state index is 0.910. The van der Waals surface area contributed by atoms with Crippen molar-refractivity contribution in [2.45, 2.75) is 32.2 Å². The smallest absolute Gasteiger partial charge is 0.232 e. The van der Waals surface area contributed by atoms with Gasteiger partial charge in [0.05, 0.1) is 0 Å². The van der Waals surface area contributed by atoms with Crippen LogP contribution in [-0.4, -0.2) is 21.7 Å². The topological polar surface area (TPSA) is 40.5 Å². The highest BCUT2D eigenvalue weighted by molar-refractivity contribution is 4.78. The summed E-state index contributed by atoms with van der Waals surface area (Å²) in [5.74, 6) is -2.51. The zero-order valence-electron chi connectivity index (χ0n) is 5.27. The average Bonchev–Trinajstić information content (AvgIpc) is 1.25. The lowest BCUT2D eigenvalue weighted by atomic mass is 10.0. The van der Waals surface area contributed by atoms with Gasteiger partial charge in [0.1, 0.15) is 5.60 Å². The van der Waals surface area contributed by atoms with Gasteiger partial charge in [0.2, 0.25) is 5.85 Å². The van der Waals surface area contributed by atoms with Gasteiger partial charge >= 0.3 is 0 Å². The van der Waals surface area contributed by atoms with Crippen molar-refractivity contribution in [3.63, 3.8) is 0 Å². The molecule has 0 bridgehead atoms. The maximum absolute atomic E-state index is 12.2. The van der Waals surface area contributed by atoms with Crippen LogP contribution in [0.1, 0.15) is 20.8 Å². The van der Waals surface area contributed by atoms with Crippen LogP contribution in [0.25, 0.3) is 0 Å². The molecule has 8 heavy (non-hydrogen) atoms. The van der Waals surface area contributed by atoms with Crippen LogP contribution in [0.2, 0.25) is 0 Å². The second-order valence-corrected chi connectivity index (χ2v) is 2.51. The zero-order chi connectivity index (χ0) is 7.00. The minimum Gasteiger partial charge on any atom is -0.385 e. The molecule has 0 saturated carbocycles. The summed E-state index contributed by atoms with van der Waals surface area (Å²) in [6.45, 7) is 3.31. The molecule has 1 unspecified atom stereocenters. The monoisotopic (exact) mass is 122 g/mol. The second-order valence-electron chi connectivity index (χ2n) is 2.51. The highest BCUT2D eigenvalue weighted by Crippen LogP contribution is 2.21. The van der Waals surface area contributed by atoms with Gasteiger partial charge in [0.25, 0.3) is 0 Å². The van der Waals surface area contributed by atoms with Crippen molar-refractivity contribution in [1.82, 2.24) is 0 Å². The molecule has 0 spiro atoms. The van der Waals surface area contributed by atoms with Crippen LogP contribution in [0.15, 0.2) is 0 Å². The quantitative estimate of drug-likeness (QED) is 0.529. The Morgan fingerprint density at radius 1 is 1.12 bits per heavy atom. The van der Waals surface area contributed by atoms with Gasteiger partial charge in [-0.2, -0.15) is 0 Å². The molecular weight excluding hydrogens is 111 g/mol. The predicted octanol–water partition coefficient (Wildman–Crippen LogP) is 0.435.